The number of nitrogens with one attached hydrogen (secondary N) is 1. The first kappa shape index (κ1) is 10.5. The van der Waals surface area contributed by atoms with Gasteiger partial charge in [-0.15, -0.1) is 0 Å². The van der Waals surface area contributed by atoms with Crippen LogP contribution in [-0.2, 0) is 6.54 Å². The average Bonchev–Trinajstić information content (AvgIpc) is 2.62. The minimum Gasteiger partial charge on any atom is -0.457 e. The Kier molecular flexibility index (Phi) is 3.28. The molecule has 2 rings (SSSR count). The fourth-order valence-corrected chi connectivity index (χ4v) is 1.72. The zero-order chi connectivity index (χ0) is 10.7. The Morgan fingerprint density at radius 3 is 3.00 bits per heavy atom. The van der Waals surface area contributed by atoms with Crippen molar-refractivity contribution in [1.29, 1.82) is 0 Å². The lowest BCUT2D eigenvalue weighted by Gasteiger charge is -2.03. The van der Waals surface area contributed by atoms with Gasteiger partial charge < -0.3 is 9.73 Å². The molecule has 0 amide bonds. The molecule has 2 heterocycles. The van der Waals surface area contributed by atoms with Crippen LogP contribution in [0.5, 0.6) is 0 Å². The Morgan fingerprint density at radius 2 is 2.33 bits per heavy atom. The topological polar surface area (TPSA) is 38.1 Å². The summed E-state index contributed by atoms with van der Waals surface area (Å²) in [6.07, 6.45) is 3.36. The molecule has 0 aromatic carbocycles. The van der Waals surface area contributed by atoms with E-state index in [1.165, 1.54) is 0 Å². The summed E-state index contributed by atoms with van der Waals surface area (Å²) in [7, 11) is 0. The third kappa shape index (κ3) is 2.97. The number of furan rings is 1. The Bertz CT molecular complexity index is 458. The fourth-order valence-electron chi connectivity index (χ4n) is 1.16. The summed E-state index contributed by atoms with van der Waals surface area (Å²) in [4.78, 5) is 3.90. The highest BCUT2D eigenvalue weighted by atomic mass is 79.9. The largest absolute Gasteiger partial charge is 0.457 e. The second kappa shape index (κ2) is 4.68. The first-order valence-electron chi connectivity index (χ1n) is 4.32. The minimum absolute atomic E-state index is 0.480. The molecule has 0 fully saturated rings. The molecule has 0 unspecified atom stereocenters. The van der Waals surface area contributed by atoms with Crippen molar-refractivity contribution in [3.63, 3.8) is 0 Å². The van der Waals surface area contributed by atoms with E-state index in [1.807, 2.05) is 12.1 Å². The summed E-state index contributed by atoms with van der Waals surface area (Å²) in [6, 6.07) is 5.55. The maximum Gasteiger partial charge on any atom is 0.169 e. The second-order valence-electron chi connectivity index (χ2n) is 2.98. The highest BCUT2D eigenvalue weighted by Crippen LogP contribution is 2.16. The van der Waals surface area contributed by atoms with E-state index in [1.54, 1.807) is 18.5 Å². The first-order valence-corrected chi connectivity index (χ1v) is 5.49. The quantitative estimate of drug-likeness (QED) is 0.875. The number of hydrogen-bond acceptors (Lipinski definition) is 3. The molecule has 5 heteroatoms. The molecular formula is C10H8BrClN2O. The Labute approximate surface area is 101 Å². The number of anilines is 1. The van der Waals surface area contributed by atoms with Crippen molar-refractivity contribution in [1.82, 2.24) is 4.98 Å². The molecule has 0 radical (unpaired) electrons. The predicted octanol–water partition coefficient (Wildman–Crippen LogP) is 3.70. The van der Waals surface area contributed by atoms with Gasteiger partial charge in [0, 0.05) is 24.0 Å². The number of pyridine rings is 1. The molecule has 15 heavy (non-hydrogen) atoms. The van der Waals surface area contributed by atoms with E-state index in [9.17, 15) is 0 Å². The summed E-state index contributed by atoms with van der Waals surface area (Å²) in [5.41, 5.74) is 2.00. The molecule has 0 spiro atoms. The number of aromatic nitrogens is 1. The summed E-state index contributed by atoms with van der Waals surface area (Å²) in [5.74, 6) is 0. The second-order valence-corrected chi connectivity index (χ2v) is 4.15. The van der Waals surface area contributed by atoms with Gasteiger partial charge in [0.1, 0.15) is 5.15 Å². The molecule has 0 aliphatic carbocycles. The predicted molar refractivity (Wildman–Crippen MR) is 63.0 cm³/mol. The standard InChI is InChI=1S/C10H8BrClN2O/c11-9-3-7(6-15-9)5-14-8-1-2-13-10(12)4-8/h1-4,6H,5H2,(H,13,14). The average molecular weight is 288 g/mol. The molecule has 0 saturated carbocycles. The molecule has 0 aliphatic rings. The summed E-state index contributed by atoms with van der Waals surface area (Å²) >= 11 is 9.00. The van der Waals surface area contributed by atoms with Gasteiger partial charge in [-0.2, -0.15) is 0 Å². The van der Waals surface area contributed by atoms with E-state index >= 15 is 0 Å². The molecule has 3 nitrogen and oxygen atoms in total. The molecule has 78 valence electrons. The molecule has 2 aromatic rings. The van der Waals surface area contributed by atoms with Crippen molar-refractivity contribution in [2.75, 3.05) is 5.32 Å². The van der Waals surface area contributed by atoms with Crippen molar-refractivity contribution in [3.05, 3.63) is 46.0 Å². The maximum absolute atomic E-state index is 5.75. The van der Waals surface area contributed by atoms with Crippen molar-refractivity contribution in [2.24, 2.45) is 0 Å². The molecule has 0 aliphatic heterocycles. The van der Waals surface area contributed by atoms with E-state index in [0.29, 0.717) is 11.7 Å². The van der Waals surface area contributed by atoms with E-state index in [4.69, 9.17) is 16.0 Å². The van der Waals surface area contributed by atoms with Crippen molar-refractivity contribution in [2.45, 2.75) is 6.54 Å². The SMILES string of the molecule is Clc1cc(NCc2coc(Br)c2)ccn1. The lowest BCUT2D eigenvalue weighted by atomic mass is 10.3. The lowest BCUT2D eigenvalue weighted by Crippen LogP contribution is -1.97. The van der Waals surface area contributed by atoms with Gasteiger partial charge in [-0.05, 0) is 34.1 Å². The van der Waals surface area contributed by atoms with Gasteiger partial charge >= 0.3 is 0 Å². The van der Waals surface area contributed by atoms with E-state index in [0.717, 1.165) is 15.9 Å². The van der Waals surface area contributed by atoms with Crippen LogP contribution in [0.25, 0.3) is 0 Å². The van der Waals surface area contributed by atoms with Gasteiger partial charge in [0.05, 0.1) is 6.26 Å². The summed E-state index contributed by atoms with van der Waals surface area (Å²) in [5, 5.41) is 3.69. The van der Waals surface area contributed by atoms with Crippen LogP contribution < -0.4 is 5.32 Å². The molecule has 0 saturated heterocycles. The van der Waals surface area contributed by atoms with Crippen molar-refractivity contribution in [3.8, 4) is 0 Å². The lowest BCUT2D eigenvalue weighted by molar-refractivity contribution is 0.539. The number of rotatable bonds is 3. The smallest absolute Gasteiger partial charge is 0.169 e. The summed E-state index contributed by atoms with van der Waals surface area (Å²) in [6.45, 7) is 0.690. The van der Waals surface area contributed by atoms with Gasteiger partial charge in [0.2, 0.25) is 0 Å². The molecular weight excluding hydrogens is 279 g/mol. The van der Waals surface area contributed by atoms with Crippen molar-refractivity contribution < 1.29 is 4.42 Å². The molecule has 0 bridgehead atoms. The van der Waals surface area contributed by atoms with Crippen LogP contribution in [0.3, 0.4) is 0 Å². The van der Waals surface area contributed by atoms with Crippen molar-refractivity contribution >= 4 is 33.2 Å². The van der Waals surface area contributed by atoms with Crippen LogP contribution in [0.4, 0.5) is 5.69 Å². The van der Waals surface area contributed by atoms with Gasteiger partial charge in [0.25, 0.3) is 0 Å². The highest BCUT2D eigenvalue weighted by molar-refractivity contribution is 9.10. The van der Waals surface area contributed by atoms with Gasteiger partial charge in [-0.3, -0.25) is 0 Å². The van der Waals surface area contributed by atoms with E-state index in [2.05, 4.69) is 26.2 Å². The monoisotopic (exact) mass is 286 g/mol. The molecule has 0 atom stereocenters. The Hall–Kier alpha value is -1.00. The van der Waals surface area contributed by atoms with Gasteiger partial charge in [0.15, 0.2) is 4.67 Å². The zero-order valence-corrected chi connectivity index (χ0v) is 10.0. The van der Waals surface area contributed by atoms with E-state index < -0.39 is 0 Å². The maximum atomic E-state index is 5.75. The van der Waals surface area contributed by atoms with Gasteiger partial charge in [-0.25, -0.2) is 4.98 Å². The van der Waals surface area contributed by atoms with Crippen LogP contribution in [0.15, 0.2) is 39.7 Å². The zero-order valence-electron chi connectivity index (χ0n) is 7.71. The Balaban J connectivity index is 1.99. The van der Waals surface area contributed by atoms with Gasteiger partial charge in [-0.1, -0.05) is 11.6 Å². The number of halogens is 2. The third-order valence-electron chi connectivity index (χ3n) is 1.84. The van der Waals surface area contributed by atoms with Crippen LogP contribution in [0, 0.1) is 0 Å². The minimum atomic E-state index is 0.480. The molecule has 2 aromatic heterocycles. The normalized spacial score (nSPS) is 10.3. The highest BCUT2D eigenvalue weighted by Gasteiger charge is 1.99. The van der Waals surface area contributed by atoms with Crippen LogP contribution in [0.1, 0.15) is 5.56 Å². The van der Waals surface area contributed by atoms with Crippen LogP contribution >= 0.6 is 27.5 Å². The summed E-state index contributed by atoms with van der Waals surface area (Å²) < 4.78 is 5.84. The fraction of sp³-hybridized carbons (Fsp3) is 0.100. The first-order chi connectivity index (χ1) is 7.24. The number of hydrogen-bond donors (Lipinski definition) is 1. The number of nitrogens with zero attached hydrogens (tertiary/aromatic N) is 1. The van der Waals surface area contributed by atoms with E-state index in [-0.39, 0.29) is 0 Å². The Morgan fingerprint density at radius 1 is 1.47 bits per heavy atom. The van der Waals surface area contributed by atoms with Crippen LogP contribution in [-0.4, -0.2) is 4.98 Å². The third-order valence-corrected chi connectivity index (χ3v) is 2.47. The van der Waals surface area contributed by atoms with Crippen LogP contribution in [0.2, 0.25) is 5.15 Å². The molecule has 1 N–H and O–H groups in total.